The summed E-state index contributed by atoms with van der Waals surface area (Å²) in [5.74, 6) is 0.609. The summed E-state index contributed by atoms with van der Waals surface area (Å²) in [6.45, 7) is 0. The number of anilines is 1. The summed E-state index contributed by atoms with van der Waals surface area (Å²) in [4.78, 5) is 11.6. The molecule has 1 aromatic carbocycles. The minimum absolute atomic E-state index is 0.183. The zero-order valence-electron chi connectivity index (χ0n) is 11.3. The number of hydrogen-bond donors (Lipinski definition) is 1. The molecule has 2 N–H and O–H groups in total. The van der Waals surface area contributed by atoms with Gasteiger partial charge in [-0.2, -0.15) is 0 Å². The van der Waals surface area contributed by atoms with Crippen molar-refractivity contribution in [2.24, 2.45) is 0 Å². The van der Waals surface area contributed by atoms with Gasteiger partial charge in [0.2, 0.25) is 0 Å². The number of esters is 1. The van der Waals surface area contributed by atoms with Gasteiger partial charge in [0, 0.05) is 12.1 Å². The molecule has 5 nitrogen and oxygen atoms in total. The first-order chi connectivity index (χ1) is 9.15. The highest BCUT2D eigenvalue weighted by Crippen LogP contribution is 2.35. The van der Waals surface area contributed by atoms with Crippen LogP contribution in [0.4, 0.5) is 5.69 Å². The zero-order valence-corrected chi connectivity index (χ0v) is 11.3. The van der Waals surface area contributed by atoms with Crippen LogP contribution in [0.2, 0.25) is 0 Å². The van der Waals surface area contributed by atoms with Crippen LogP contribution in [0.15, 0.2) is 12.1 Å². The molecular weight excluding hydrogens is 246 g/mol. The lowest BCUT2D eigenvalue weighted by Gasteiger charge is -2.17. The van der Waals surface area contributed by atoms with Crippen LogP contribution in [-0.4, -0.2) is 26.3 Å². The van der Waals surface area contributed by atoms with Crippen molar-refractivity contribution in [2.45, 2.75) is 31.8 Å². The maximum atomic E-state index is 11.6. The third kappa shape index (κ3) is 2.92. The summed E-state index contributed by atoms with van der Waals surface area (Å²) in [5.41, 5.74) is 6.44. The predicted molar refractivity (Wildman–Crippen MR) is 71.6 cm³/mol. The molecule has 1 fully saturated rings. The van der Waals surface area contributed by atoms with Crippen molar-refractivity contribution < 1.29 is 19.0 Å². The number of nitrogen functional groups attached to an aromatic ring is 1. The Hall–Kier alpha value is -1.91. The Morgan fingerprint density at radius 1 is 1.21 bits per heavy atom. The molecule has 0 unspecified atom stereocenters. The molecule has 0 atom stereocenters. The third-order valence-electron chi connectivity index (χ3n) is 3.34. The number of hydrogen-bond acceptors (Lipinski definition) is 5. The van der Waals surface area contributed by atoms with Crippen LogP contribution in [0.25, 0.3) is 0 Å². The van der Waals surface area contributed by atoms with Crippen molar-refractivity contribution in [2.75, 3.05) is 20.0 Å². The van der Waals surface area contributed by atoms with Crippen LogP contribution in [-0.2, 0) is 4.74 Å². The summed E-state index contributed by atoms with van der Waals surface area (Å²) in [7, 11) is 2.87. The average molecular weight is 265 g/mol. The standard InChI is InChI=1S/C14H19NO4/c1-17-12-8-11(15)10(14(16)18-2)7-13(12)19-9-5-3-4-6-9/h7-9H,3-6,15H2,1-2H3. The first-order valence-corrected chi connectivity index (χ1v) is 6.38. The normalized spacial score (nSPS) is 15.3. The van der Waals surface area contributed by atoms with Gasteiger partial charge in [0.25, 0.3) is 0 Å². The van der Waals surface area contributed by atoms with E-state index in [-0.39, 0.29) is 6.10 Å². The second-order valence-corrected chi connectivity index (χ2v) is 4.61. The largest absolute Gasteiger partial charge is 0.493 e. The Morgan fingerprint density at radius 2 is 1.89 bits per heavy atom. The van der Waals surface area contributed by atoms with Gasteiger partial charge in [0.1, 0.15) is 0 Å². The summed E-state index contributed by atoms with van der Waals surface area (Å²) in [6, 6.07) is 3.19. The third-order valence-corrected chi connectivity index (χ3v) is 3.34. The molecule has 19 heavy (non-hydrogen) atoms. The van der Waals surface area contributed by atoms with Gasteiger partial charge in [-0.25, -0.2) is 4.79 Å². The van der Waals surface area contributed by atoms with Gasteiger partial charge in [-0.1, -0.05) is 0 Å². The molecule has 1 aliphatic rings. The number of benzene rings is 1. The van der Waals surface area contributed by atoms with Crippen LogP contribution >= 0.6 is 0 Å². The molecule has 0 bridgehead atoms. The van der Waals surface area contributed by atoms with Gasteiger partial charge >= 0.3 is 5.97 Å². The highest BCUT2D eigenvalue weighted by molar-refractivity contribution is 5.96. The summed E-state index contributed by atoms with van der Waals surface area (Å²) >= 11 is 0. The van der Waals surface area contributed by atoms with Crippen molar-refractivity contribution in [1.29, 1.82) is 0 Å². The molecule has 1 aliphatic carbocycles. The Morgan fingerprint density at radius 3 is 2.47 bits per heavy atom. The molecule has 0 radical (unpaired) electrons. The Bertz CT molecular complexity index is 467. The summed E-state index contributed by atoms with van der Waals surface area (Å²) < 4.78 is 15.8. The van der Waals surface area contributed by atoms with Crippen LogP contribution < -0.4 is 15.2 Å². The van der Waals surface area contributed by atoms with E-state index in [9.17, 15) is 4.79 Å². The average Bonchev–Trinajstić information content (AvgIpc) is 2.92. The molecule has 0 spiro atoms. The fraction of sp³-hybridized carbons (Fsp3) is 0.500. The van der Waals surface area contributed by atoms with E-state index in [2.05, 4.69) is 0 Å². The molecule has 0 aliphatic heterocycles. The van der Waals surface area contributed by atoms with Gasteiger partial charge in [-0.15, -0.1) is 0 Å². The van der Waals surface area contributed by atoms with E-state index in [4.69, 9.17) is 19.9 Å². The molecule has 2 rings (SSSR count). The highest BCUT2D eigenvalue weighted by atomic mass is 16.5. The molecular formula is C14H19NO4. The first-order valence-electron chi connectivity index (χ1n) is 6.38. The summed E-state index contributed by atoms with van der Waals surface area (Å²) in [5, 5.41) is 0. The minimum atomic E-state index is -0.476. The number of carbonyl (C=O) groups is 1. The molecule has 0 saturated heterocycles. The van der Waals surface area contributed by atoms with E-state index in [1.54, 1.807) is 19.2 Å². The fourth-order valence-corrected chi connectivity index (χ4v) is 2.30. The number of methoxy groups -OCH3 is 2. The van der Waals surface area contributed by atoms with Gasteiger partial charge in [0.15, 0.2) is 11.5 Å². The maximum absolute atomic E-state index is 11.6. The molecule has 0 amide bonds. The van der Waals surface area contributed by atoms with E-state index in [0.717, 1.165) is 12.8 Å². The molecule has 5 heteroatoms. The summed E-state index contributed by atoms with van der Waals surface area (Å²) in [6.07, 6.45) is 4.59. The van der Waals surface area contributed by atoms with E-state index in [1.807, 2.05) is 0 Å². The fourth-order valence-electron chi connectivity index (χ4n) is 2.30. The number of nitrogens with two attached hydrogens (primary N) is 1. The maximum Gasteiger partial charge on any atom is 0.340 e. The van der Waals surface area contributed by atoms with Crippen molar-refractivity contribution in [3.63, 3.8) is 0 Å². The number of carbonyl (C=O) groups excluding carboxylic acids is 1. The van der Waals surface area contributed by atoms with Crippen molar-refractivity contribution in [3.05, 3.63) is 17.7 Å². The van der Waals surface area contributed by atoms with Crippen LogP contribution in [0, 0.1) is 0 Å². The lowest BCUT2D eigenvalue weighted by molar-refractivity contribution is 0.0601. The molecule has 104 valence electrons. The second-order valence-electron chi connectivity index (χ2n) is 4.61. The van der Waals surface area contributed by atoms with Gasteiger partial charge < -0.3 is 19.9 Å². The van der Waals surface area contributed by atoms with Gasteiger partial charge in [-0.05, 0) is 25.7 Å². The van der Waals surface area contributed by atoms with Crippen LogP contribution in [0.1, 0.15) is 36.0 Å². The molecule has 0 aromatic heterocycles. The van der Waals surface area contributed by atoms with Crippen molar-refractivity contribution in [3.8, 4) is 11.5 Å². The SMILES string of the molecule is COC(=O)c1cc(OC2CCCC2)c(OC)cc1N. The smallest absolute Gasteiger partial charge is 0.340 e. The minimum Gasteiger partial charge on any atom is -0.493 e. The topological polar surface area (TPSA) is 70.8 Å². The van der Waals surface area contributed by atoms with Crippen LogP contribution in [0.3, 0.4) is 0 Å². The van der Waals surface area contributed by atoms with Crippen LogP contribution in [0.5, 0.6) is 11.5 Å². The molecule has 1 aromatic rings. The Labute approximate surface area is 112 Å². The lowest BCUT2D eigenvalue weighted by atomic mass is 10.1. The predicted octanol–water partition coefficient (Wildman–Crippen LogP) is 2.39. The van der Waals surface area contributed by atoms with E-state index in [1.165, 1.54) is 20.0 Å². The molecule has 1 saturated carbocycles. The van der Waals surface area contributed by atoms with Gasteiger partial charge in [-0.3, -0.25) is 0 Å². The van der Waals surface area contributed by atoms with E-state index in [0.29, 0.717) is 22.7 Å². The monoisotopic (exact) mass is 265 g/mol. The second kappa shape index (κ2) is 5.82. The van der Waals surface area contributed by atoms with E-state index < -0.39 is 5.97 Å². The number of rotatable bonds is 4. The van der Waals surface area contributed by atoms with E-state index >= 15 is 0 Å². The highest BCUT2D eigenvalue weighted by Gasteiger charge is 2.21. The number of ether oxygens (including phenoxy) is 3. The molecule has 0 heterocycles. The Kier molecular flexibility index (Phi) is 4.14. The zero-order chi connectivity index (χ0) is 13.8. The lowest BCUT2D eigenvalue weighted by Crippen LogP contribution is -2.13. The quantitative estimate of drug-likeness (QED) is 0.668. The Balaban J connectivity index is 2.30. The van der Waals surface area contributed by atoms with Crippen molar-refractivity contribution in [1.82, 2.24) is 0 Å². The van der Waals surface area contributed by atoms with Gasteiger partial charge in [0.05, 0.1) is 31.6 Å². The first kappa shape index (κ1) is 13.5. The van der Waals surface area contributed by atoms with Crippen molar-refractivity contribution >= 4 is 11.7 Å².